The number of nitrogens with zero attached hydrogens (tertiary/aromatic N) is 2. The number of imidazole rings is 1. The first-order chi connectivity index (χ1) is 10.3. The summed E-state index contributed by atoms with van der Waals surface area (Å²) < 4.78 is 2.00. The van der Waals surface area contributed by atoms with E-state index in [0.717, 1.165) is 25.2 Å². The molecule has 2 N–H and O–H groups in total. The first kappa shape index (κ1) is 15.7. The second-order valence-corrected chi connectivity index (χ2v) is 5.43. The highest BCUT2D eigenvalue weighted by molar-refractivity contribution is 5.34. The normalized spacial score (nSPS) is 12.5. The van der Waals surface area contributed by atoms with Crippen molar-refractivity contribution < 1.29 is 5.11 Å². The SMILES string of the molecule is CCCC(CCO)CNCc1ccc(-n2ccnc2)cc1. The van der Waals surface area contributed by atoms with Crippen molar-refractivity contribution in [2.75, 3.05) is 13.2 Å². The van der Waals surface area contributed by atoms with Crippen LogP contribution >= 0.6 is 0 Å². The molecule has 0 amide bonds. The van der Waals surface area contributed by atoms with Crippen LogP contribution in [-0.2, 0) is 6.54 Å². The molecular weight excluding hydrogens is 262 g/mol. The third-order valence-corrected chi connectivity index (χ3v) is 3.74. The molecule has 1 unspecified atom stereocenters. The van der Waals surface area contributed by atoms with Crippen molar-refractivity contribution in [1.82, 2.24) is 14.9 Å². The van der Waals surface area contributed by atoms with Gasteiger partial charge in [-0.25, -0.2) is 4.98 Å². The minimum Gasteiger partial charge on any atom is -0.396 e. The molecule has 1 atom stereocenters. The lowest BCUT2D eigenvalue weighted by Crippen LogP contribution is -2.23. The number of nitrogens with one attached hydrogen (secondary N) is 1. The Labute approximate surface area is 126 Å². The molecule has 0 saturated carbocycles. The predicted molar refractivity (Wildman–Crippen MR) is 85.4 cm³/mol. The highest BCUT2D eigenvalue weighted by Gasteiger charge is 2.06. The van der Waals surface area contributed by atoms with E-state index in [2.05, 4.69) is 41.5 Å². The zero-order valence-corrected chi connectivity index (χ0v) is 12.7. The maximum atomic E-state index is 9.07. The Morgan fingerprint density at radius 3 is 2.67 bits per heavy atom. The summed E-state index contributed by atoms with van der Waals surface area (Å²) in [4.78, 5) is 4.06. The van der Waals surface area contributed by atoms with E-state index >= 15 is 0 Å². The highest BCUT2D eigenvalue weighted by atomic mass is 16.3. The Kier molecular flexibility index (Phi) is 6.44. The summed E-state index contributed by atoms with van der Waals surface area (Å²) >= 11 is 0. The maximum Gasteiger partial charge on any atom is 0.0991 e. The van der Waals surface area contributed by atoms with Gasteiger partial charge in [0.2, 0.25) is 0 Å². The van der Waals surface area contributed by atoms with Crippen molar-refractivity contribution in [3.05, 3.63) is 48.5 Å². The molecule has 1 aromatic carbocycles. The van der Waals surface area contributed by atoms with Gasteiger partial charge in [0.05, 0.1) is 6.33 Å². The van der Waals surface area contributed by atoms with Gasteiger partial charge in [-0.2, -0.15) is 0 Å². The Bertz CT molecular complexity index is 487. The van der Waals surface area contributed by atoms with Crippen molar-refractivity contribution in [1.29, 1.82) is 0 Å². The van der Waals surface area contributed by atoms with Gasteiger partial charge in [0.25, 0.3) is 0 Å². The van der Waals surface area contributed by atoms with Crippen LogP contribution in [0, 0.1) is 5.92 Å². The first-order valence-electron chi connectivity index (χ1n) is 7.72. The van der Waals surface area contributed by atoms with E-state index in [1.807, 2.05) is 10.8 Å². The summed E-state index contributed by atoms with van der Waals surface area (Å²) in [7, 11) is 0. The maximum absolute atomic E-state index is 9.07. The standard InChI is InChI=1S/C17H25N3O/c1-2-3-15(8-11-21)12-19-13-16-4-6-17(7-5-16)20-10-9-18-14-20/h4-7,9-10,14-15,19,21H,2-3,8,11-13H2,1H3. The average molecular weight is 287 g/mol. The second kappa shape index (κ2) is 8.60. The molecule has 4 heteroatoms. The molecule has 114 valence electrons. The summed E-state index contributed by atoms with van der Waals surface area (Å²) in [5, 5.41) is 12.6. The molecule has 0 radical (unpaired) electrons. The fourth-order valence-corrected chi connectivity index (χ4v) is 2.56. The lowest BCUT2D eigenvalue weighted by Gasteiger charge is -2.15. The Morgan fingerprint density at radius 2 is 2.05 bits per heavy atom. The third-order valence-electron chi connectivity index (χ3n) is 3.74. The van der Waals surface area contributed by atoms with Crippen molar-refractivity contribution in [3.63, 3.8) is 0 Å². The van der Waals surface area contributed by atoms with Gasteiger partial charge in [-0.3, -0.25) is 0 Å². The van der Waals surface area contributed by atoms with Gasteiger partial charge < -0.3 is 15.0 Å². The number of hydrogen-bond acceptors (Lipinski definition) is 3. The molecule has 0 fully saturated rings. The van der Waals surface area contributed by atoms with Crippen molar-refractivity contribution in [2.45, 2.75) is 32.7 Å². The van der Waals surface area contributed by atoms with Crippen LogP contribution in [-0.4, -0.2) is 27.8 Å². The quantitative estimate of drug-likeness (QED) is 0.745. The number of rotatable bonds is 9. The lowest BCUT2D eigenvalue weighted by atomic mass is 10.0. The molecule has 4 nitrogen and oxygen atoms in total. The lowest BCUT2D eigenvalue weighted by molar-refractivity contribution is 0.248. The van der Waals surface area contributed by atoms with Crippen molar-refractivity contribution >= 4 is 0 Å². The van der Waals surface area contributed by atoms with Crippen molar-refractivity contribution in [2.24, 2.45) is 5.92 Å². The van der Waals surface area contributed by atoms with Crippen LogP contribution in [0.5, 0.6) is 0 Å². The van der Waals surface area contributed by atoms with Crippen LogP contribution in [0.2, 0.25) is 0 Å². The summed E-state index contributed by atoms with van der Waals surface area (Å²) in [5.41, 5.74) is 2.40. The number of aromatic nitrogens is 2. The van der Waals surface area contributed by atoms with E-state index in [0.29, 0.717) is 5.92 Å². The van der Waals surface area contributed by atoms with Gasteiger partial charge in [0, 0.05) is 31.2 Å². The Balaban J connectivity index is 1.80. The highest BCUT2D eigenvalue weighted by Crippen LogP contribution is 2.11. The minimum absolute atomic E-state index is 0.284. The largest absolute Gasteiger partial charge is 0.396 e. The monoisotopic (exact) mass is 287 g/mol. The van der Waals surface area contributed by atoms with Gasteiger partial charge in [-0.15, -0.1) is 0 Å². The Morgan fingerprint density at radius 1 is 1.24 bits per heavy atom. The van der Waals surface area contributed by atoms with E-state index in [1.54, 1.807) is 12.5 Å². The second-order valence-electron chi connectivity index (χ2n) is 5.43. The van der Waals surface area contributed by atoms with Crippen LogP contribution in [0.4, 0.5) is 0 Å². The van der Waals surface area contributed by atoms with Gasteiger partial charge in [0.1, 0.15) is 0 Å². The smallest absolute Gasteiger partial charge is 0.0991 e. The molecule has 0 aliphatic rings. The van der Waals surface area contributed by atoms with Crippen LogP contribution in [0.25, 0.3) is 5.69 Å². The summed E-state index contributed by atoms with van der Waals surface area (Å²) in [6, 6.07) is 8.50. The molecule has 1 heterocycles. The third kappa shape index (κ3) is 4.99. The topological polar surface area (TPSA) is 50.1 Å². The first-order valence-corrected chi connectivity index (χ1v) is 7.72. The predicted octanol–water partition coefficient (Wildman–Crippen LogP) is 2.76. The van der Waals surface area contributed by atoms with Crippen LogP contribution < -0.4 is 5.32 Å². The number of benzene rings is 1. The molecule has 0 spiro atoms. The molecule has 0 bridgehead atoms. The van der Waals surface area contributed by atoms with Gasteiger partial charge in [0.15, 0.2) is 0 Å². The summed E-state index contributed by atoms with van der Waals surface area (Å²) in [6.45, 7) is 4.32. The zero-order valence-electron chi connectivity index (χ0n) is 12.7. The summed E-state index contributed by atoms with van der Waals surface area (Å²) in [6.07, 6.45) is 8.76. The molecule has 21 heavy (non-hydrogen) atoms. The Hall–Kier alpha value is -1.65. The van der Waals surface area contributed by atoms with Gasteiger partial charge in [-0.05, 0) is 43.0 Å². The van der Waals surface area contributed by atoms with Crippen LogP contribution in [0.3, 0.4) is 0 Å². The molecule has 1 aromatic heterocycles. The molecule has 0 aliphatic carbocycles. The van der Waals surface area contributed by atoms with E-state index in [1.165, 1.54) is 18.4 Å². The number of aliphatic hydroxyl groups excluding tert-OH is 1. The van der Waals surface area contributed by atoms with Crippen LogP contribution in [0.1, 0.15) is 31.7 Å². The van der Waals surface area contributed by atoms with E-state index in [-0.39, 0.29) is 6.61 Å². The molecule has 2 rings (SSSR count). The zero-order chi connectivity index (χ0) is 14.9. The number of hydrogen-bond donors (Lipinski definition) is 2. The molecular formula is C17H25N3O. The number of aliphatic hydroxyl groups is 1. The van der Waals surface area contributed by atoms with Crippen molar-refractivity contribution in [3.8, 4) is 5.69 Å². The van der Waals surface area contributed by atoms with Gasteiger partial charge >= 0.3 is 0 Å². The summed E-state index contributed by atoms with van der Waals surface area (Å²) in [5.74, 6) is 0.574. The fraction of sp³-hybridized carbons (Fsp3) is 0.471. The molecule has 2 aromatic rings. The fourth-order valence-electron chi connectivity index (χ4n) is 2.56. The molecule has 0 aliphatic heterocycles. The van der Waals surface area contributed by atoms with Gasteiger partial charge in [-0.1, -0.05) is 25.5 Å². The minimum atomic E-state index is 0.284. The van der Waals surface area contributed by atoms with Crippen LogP contribution in [0.15, 0.2) is 43.0 Å². The van der Waals surface area contributed by atoms with E-state index in [4.69, 9.17) is 5.11 Å². The van der Waals surface area contributed by atoms with E-state index in [9.17, 15) is 0 Å². The average Bonchev–Trinajstić information content (AvgIpc) is 3.03. The molecule has 0 saturated heterocycles. The van der Waals surface area contributed by atoms with E-state index < -0.39 is 0 Å².